The first-order chi connectivity index (χ1) is 6.50. The Balaban J connectivity index is 2.50. The lowest BCUT2D eigenvalue weighted by Crippen LogP contribution is -2.46. The summed E-state index contributed by atoms with van der Waals surface area (Å²) in [5.41, 5.74) is 5.16. The molecule has 0 aromatic heterocycles. The van der Waals surface area contributed by atoms with Crippen LogP contribution in [0.3, 0.4) is 0 Å². The zero-order chi connectivity index (χ0) is 10.7. The van der Waals surface area contributed by atoms with Crippen LogP contribution in [0.2, 0.25) is 0 Å². The van der Waals surface area contributed by atoms with E-state index in [9.17, 15) is 4.79 Å². The molecule has 1 saturated carbocycles. The van der Waals surface area contributed by atoms with E-state index in [4.69, 9.17) is 5.73 Å². The Morgan fingerprint density at radius 2 is 2.07 bits per heavy atom. The van der Waals surface area contributed by atoms with Crippen molar-refractivity contribution < 1.29 is 4.79 Å². The highest BCUT2D eigenvalue weighted by Crippen LogP contribution is 2.33. The average molecular weight is 198 g/mol. The van der Waals surface area contributed by atoms with Crippen LogP contribution in [0, 0.1) is 17.8 Å². The molecular formula is C11H22N2O. The minimum atomic E-state index is -0.383. The number of carbonyl (C=O) groups excluding carboxylic acids is 1. The van der Waals surface area contributed by atoms with Crippen LogP contribution >= 0.6 is 0 Å². The molecule has 1 fully saturated rings. The summed E-state index contributed by atoms with van der Waals surface area (Å²) in [6.07, 6.45) is 3.57. The van der Waals surface area contributed by atoms with Crippen LogP contribution < -0.4 is 11.1 Å². The van der Waals surface area contributed by atoms with Crippen LogP contribution in [0.15, 0.2) is 0 Å². The van der Waals surface area contributed by atoms with Crippen LogP contribution in [0.25, 0.3) is 0 Å². The molecule has 2 amide bonds. The Morgan fingerprint density at radius 3 is 2.57 bits per heavy atom. The molecule has 0 bridgehead atoms. The molecular weight excluding hydrogens is 176 g/mol. The Labute approximate surface area is 86.4 Å². The largest absolute Gasteiger partial charge is 0.352 e. The van der Waals surface area contributed by atoms with Crippen LogP contribution in [0.4, 0.5) is 4.79 Å². The van der Waals surface area contributed by atoms with Gasteiger partial charge in [0.25, 0.3) is 0 Å². The third kappa shape index (κ3) is 2.89. The van der Waals surface area contributed by atoms with E-state index in [0.29, 0.717) is 11.8 Å². The third-order valence-electron chi connectivity index (χ3n) is 3.51. The van der Waals surface area contributed by atoms with Crippen molar-refractivity contribution in [3.05, 3.63) is 0 Å². The molecule has 14 heavy (non-hydrogen) atoms. The van der Waals surface area contributed by atoms with E-state index >= 15 is 0 Å². The molecule has 1 aliphatic rings. The van der Waals surface area contributed by atoms with Gasteiger partial charge >= 0.3 is 6.03 Å². The Hall–Kier alpha value is -0.730. The second-order valence-electron chi connectivity index (χ2n) is 4.91. The zero-order valence-corrected chi connectivity index (χ0v) is 9.42. The van der Waals surface area contributed by atoms with E-state index in [1.165, 1.54) is 12.8 Å². The number of rotatable bonds is 2. The van der Waals surface area contributed by atoms with Gasteiger partial charge in [-0.2, -0.15) is 0 Å². The average Bonchev–Trinajstić information content (AvgIpc) is 2.07. The van der Waals surface area contributed by atoms with E-state index in [-0.39, 0.29) is 12.1 Å². The molecule has 0 aromatic rings. The van der Waals surface area contributed by atoms with Gasteiger partial charge in [-0.3, -0.25) is 0 Å². The van der Waals surface area contributed by atoms with Gasteiger partial charge in [-0.15, -0.1) is 0 Å². The summed E-state index contributed by atoms with van der Waals surface area (Å²) >= 11 is 0. The Morgan fingerprint density at radius 1 is 1.43 bits per heavy atom. The van der Waals surface area contributed by atoms with E-state index < -0.39 is 0 Å². The van der Waals surface area contributed by atoms with Crippen molar-refractivity contribution in [2.75, 3.05) is 0 Å². The number of hydrogen-bond donors (Lipinski definition) is 2. The number of amides is 2. The number of nitrogens with two attached hydrogens (primary N) is 1. The fourth-order valence-electron chi connectivity index (χ4n) is 2.34. The number of carbonyl (C=O) groups is 1. The van der Waals surface area contributed by atoms with Gasteiger partial charge < -0.3 is 11.1 Å². The quantitative estimate of drug-likeness (QED) is 0.701. The summed E-state index contributed by atoms with van der Waals surface area (Å²) in [7, 11) is 0. The van der Waals surface area contributed by atoms with Crippen molar-refractivity contribution in [3.63, 3.8) is 0 Å². The lowest BCUT2D eigenvalue weighted by molar-refractivity contribution is 0.180. The zero-order valence-electron chi connectivity index (χ0n) is 9.42. The summed E-state index contributed by atoms with van der Waals surface area (Å²) in [5.74, 6) is 2.01. The Kier molecular flexibility index (Phi) is 3.78. The Bertz CT molecular complexity index is 203. The maximum absolute atomic E-state index is 10.8. The molecule has 82 valence electrons. The smallest absolute Gasteiger partial charge is 0.312 e. The highest BCUT2D eigenvalue weighted by atomic mass is 16.2. The number of nitrogens with one attached hydrogen (secondary N) is 1. The summed E-state index contributed by atoms with van der Waals surface area (Å²) in [6, 6.07) is -0.0973. The standard InChI is InChI=1S/C11H22N2O/c1-7(2)9-5-4-8(3)10(6-9)13-11(12)14/h7-10H,4-6H2,1-3H3,(H3,12,13,14)/t8-,9-,10-/m0/s1. The van der Waals surface area contributed by atoms with Crippen molar-refractivity contribution >= 4 is 6.03 Å². The summed E-state index contributed by atoms with van der Waals surface area (Å²) in [5, 5.41) is 2.86. The normalized spacial score (nSPS) is 33.0. The van der Waals surface area contributed by atoms with Crippen molar-refractivity contribution in [2.24, 2.45) is 23.5 Å². The molecule has 3 nitrogen and oxygen atoms in total. The van der Waals surface area contributed by atoms with Crippen molar-refractivity contribution in [1.82, 2.24) is 5.32 Å². The molecule has 0 saturated heterocycles. The number of hydrogen-bond acceptors (Lipinski definition) is 1. The monoisotopic (exact) mass is 198 g/mol. The van der Waals surface area contributed by atoms with Gasteiger partial charge in [-0.05, 0) is 37.0 Å². The van der Waals surface area contributed by atoms with Gasteiger partial charge in [0.15, 0.2) is 0 Å². The number of urea groups is 1. The first kappa shape index (κ1) is 11.3. The maximum atomic E-state index is 10.8. The minimum absolute atomic E-state index is 0.286. The molecule has 0 aliphatic heterocycles. The molecule has 0 aromatic carbocycles. The molecule has 1 aliphatic carbocycles. The lowest BCUT2D eigenvalue weighted by Gasteiger charge is -2.36. The molecule has 3 heteroatoms. The van der Waals surface area contributed by atoms with Gasteiger partial charge in [0.2, 0.25) is 0 Å². The molecule has 3 atom stereocenters. The fraction of sp³-hybridized carbons (Fsp3) is 0.909. The summed E-state index contributed by atoms with van der Waals surface area (Å²) in [4.78, 5) is 10.8. The van der Waals surface area contributed by atoms with Crippen LogP contribution in [0.1, 0.15) is 40.0 Å². The summed E-state index contributed by atoms with van der Waals surface area (Å²) < 4.78 is 0. The van der Waals surface area contributed by atoms with Crippen LogP contribution in [0.5, 0.6) is 0 Å². The molecule has 3 N–H and O–H groups in total. The van der Waals surface area contributed by atoms with Crippen molar-refractivity contribution in [3.8, 4) is 0 Å². The van der Waals surface area contributed by atoms with E-state index in [0.717, 1.165) is 12.3 Å². The molecule has 0 unspecified atom stereocenters. The van der Waals surface area contributed by atoms with Gasteiger partial charge in [-0.25, -0.2) is 4.79 Å². The first-order valence-electron chi connectivity index (χ1n) is 5.56. The predicted octanol–water partition coefficient (Wildman–Crippen LogP) is 2.12. The fourth-order valence-corrected chi connectivity index (χ4v) is 2.34. The predicted molar refractivity (Wildman–Crippen MR) is 57.9 cm³/mol. The molecule has 0 radical (unpaired) electrons. The highest BCUT2D eigenvalue weighted by Gasteiger charge is 2.29. The topological polar surface area (TPSA) is 55.1 Å². The van der Waals surface area contributed by atoms with Gasteiger partial charge in [-0.1, -0.05) is 20.8 Å². The van der Waals surface area contributed by atoms with E-state index in [1.807, 2.05) is 0 Å². The molecule has 0 spiro atoms. The van der Waals surface area contributed by atoms with E-state index in [2.05, 4.69) is 26.1 Å². The van der Waals surface area contributed by atoms with Crippen molar-refractivity contribution in [1.29, 1.82) is 0 Å². The lowest BCUT2D eigenvalue weighted by atomic mass is 9.75. The van der Waals surface area contributed by atoms with Gasteiger partial charge in [0.1, 0.15) is 0 Å². The maximum Gasteiger partial charge on any atom is 0.312 e. The van der Waals surface area contributed by atoms with E-state index in [1.54, 1.807) is 0 Å². The second kappa shape index (κ2) is 4.67. The van der Waals surface area contributed by atoms with Crippen molar-refractivity contribution in [2.45, 2.75) is 46.1 Å². The second-order valence-corrected chi connectivity index (χ2v) is 4.91. The minimum Gasteiger partial charge on any atom is -0.352 e. The highest BCUT2D eigenvalue weighted by molar-refractivity contribution is 5.72. The number of primary amides is 1. The van der Waals surface area contributed by atoms with Gasteiger partial charge in [0, 0.05) is 6.04 Å². The third-order valence-corrected chi connectivity index (χ3v) is 3.51. The van der Waals surface area contributed by atoms with Crippen LogP contribution in [-0.4, -0.2) is 12.1 Å². The van der Waals surface area contributed by atoms with Gasteiger partial charge in [0.05, 0.1) is 0 Å². The SMILES string of the molecule is CC(C)[C@H]1CC[C@H](C)[C@@H](NC(N)=O)C1. The first-order valence-corrected chi connectivity index (χ1v) is 5.56. The molecule has 0 heterocycles. The summed E-state index contributed by atoms with van der Waals surface area (Å²) in [6.45, 7) is 6.70. The molecule has 1 rings (SSSR count). The van der Waals surface area contributed by atoms with Crippen LogP contribution in [-0.2, 0) is 0 Å².